The van der Waals surface area contributed by atoms with Gasteiger partial charge in [-0.25, -0.2) is 15.0 Å². The highest BCUT2D eigenvalue weighted by molar-refractivity contribution is 5.88. The smallest absolute Gasteiger partial charge is 0.395 e. The molecule has 11 heteroatoms. The minimum Gasteiger partial charge on any atom is -0.395 e. The predicted molar refractivity (Wildman–Crippen MR) is 118 cm³/mol. The van der Waals surface area contributed by atoms with Gasteiger partial charge < -0.3 is 15.7 Å². The Labute approximate surface area is 187 Å². The average Bonchev–Trinajstić information content (AvgIpc) is 3.21. The van der Waals surface area contributed by atoms with E-state index in [1.165, 1.54) is 18.2 Å². The first-order valence-electron chi connectivity index (χ1n) is 10.4. The number of nitrogens with zero attached hydrogens (tertiary/aromatic N) is 4. The minimum atomic E-state index is -4.54. The van der Waals surface area contributed by atoms with Crippen molar-refractivity contribution in [1.29, 1.82) is 0 Å². The van der Waals surface area contributed by atoms with Crippen LogP contribution in [0.5, 0.6) is 0 Å². The number of benzene rings is 1. The minimum absolute atomic E-state index is 0.0202. The Morgan fingerprint density at radius 1 is 1.03 bits per heavy atom. The normalized spacial score (nSPS) is 11.8. The average molecular weight is 457 g/mol. The summed E-state index contributed by atoms with van der Waals surface area (Å²) in [5.41, 5.74) is 0.206. The van der Waals surface area contributed by atoms with E-state index in [-0.39, 0.29) is 18.0 Å². The molecule has 0 aliphatic rings. The molecule has 0 saturated heterocycles. The highest BCUT2D eigenvalue weighted by Crippen LogP contribution is 2.36. The van der Waals surface area contributed by atoms with Crippen LogP contribution in [0.25, 0.3) is 22.4 Å². The van der Waals surface area contributed by atoms with Gasteiger partial charge in [0.05, 0.1) is 17.6 Å². The number of fused-ring (bicyclic) bond motifs is 1. The first kappa shape index (κ1) is 22.6. The summed E-state index contributed by atoms with van der Waals surface area (Å²) in [6.45, 7) is 1.15. The number of anilines is 2. The molecule has 0 atom stereocenters. The third-order valence-electron chi connectivity index (χ3n) is 4.91. The van der Waals surface area contributed by atoms with Crippen LogP contribution in [0.2, 0.25) is 0 Å². The number of aliphatic hydroxyl groups is 1. The third-order valence-corrected chi connectivity index (χ3v) is 4.91. The van der Waals surface area contributed by atoms with Gasteiger partial charge in [-0.1, -0.05) is 18.2 Å². The van der Waals surface area contributed by atoms with Gasteiger partial charge in [0.1, 0.15) is 11.6 Å². The lowest BCUT2D eigenvalue weighted by Crippen LogP contribution is -2.19. The first-order valence-corrected chi connectivity index (χ1v) is 10.4. The van der Waals surface area contributed by atoms with E-state index in [1.807, 2.05) is 6.07 Å². The molecule has 8 nitrogen and oxygen atoms in total. The van der Waals surface area contributed by atoms with Gasteiger partial charge in [-0.15, -0.1) is 0 Å². The molecular weight excluding hydrogens is 435 g/mol. The number of nitrogens with one attached hydrogen (secondary N) is 3. The largest absolute Gasteiger partial charge is 0.417 e. The van der Waals surface area contributed by atoms with Crippen molar-refractivity contribution in [1.82, 2.24) is 30.5 Å². The van der Waals surface area contributed by atoms with Crippen LogP contribution < -0.4 is 10.6 Å². The quantitative estimate of drug-likeness (QED) is 0.284. The molecule has 3 aromatic heterocycles. The molecular formula is C22H22F3N7O. The molecule has 0 radical (unpaired) electrons. The molecule has 33 heavy (non-hydrogen) atoms. The number of hydrogen-bond acceptors (Lipinski definition) is 7. The SMILES string of the molecule is OCCNCCCc1cc(Nc2[nH]nc3ncccc23)nc(-c2ccccc2C(F)(F)F)n1. The molecule has 172 valence electrons. The number of aliphatic hydroxyl groups excluding tert-OH is 1. The summed E-state index contributed by atoms with van der Waals surface area (Å²) in [5, 5.41) is 22.7. The van der Waals surface area contributed by atoms with Crippen LogP contribution in [0.1, 0.15) is 17.7 Å². The first-order chi connectivity index (χ1) is 16.0. The second-order valence-electron chi connectivity index (χ2n) is 7.29. The van der Waals surface area contributed by atoms with Crippen molar-refractivity contribution in [2.75, 3.05) is 25.0 Å². The summed E-state index contributed by atoms with van der Waals surface area (Å²) in [5.74, 6) is 0.848. The van der Waals surface area contributed by atoms with Crippen molar-refractivity contribution in [3.63, 3.8) is 0 Å². The van der Waals surface area contributed by atoms with Crippen molar-refractivity contribution in [3.8, 4) is 11.4 Å². The van der Waals surface area contributed by atoms with Crippen LogP contribution in [0.3, 0.4) is 0 Å². The fraction of sp³-hybridized carbons (Fsp3) is 0.273. The van der Waals surface area contributed by atoms with Crippen LogP contribution in [0, 0.1) is 0 Å². The molecule has 3 heterocycles. The van der Waals surface area contributed by atoms with Gasteiger partial charge >= 0.3 is 6.18 Å². The number of alkyl halides is 3. The van der Waals surface area contributed by atoms with Crippen molar-refractivity contribution < 1.29 is 18.3 Å². The number of rotatable bonds is 9. The van der Waals surface area contributed by atoms with Gasteiger partial charge in [-0.05, 0) is 37.6 Å². The molecule has 0 unspecified atom stereocenters. The Bertz CT molecular complexity index is 1230. The molecule has 4 rings (SSSR count). The lowest BCUT2D eigenvalue weighted by atomic mass is 10.1. The summed E-state index contributed by atoms with van der Waals surface area (Å²) in [6.07, 6.45) is -1.72. The van der Waals surface area contributed by atoms with Gasteiger partial charge in [0, 0.05) is 30.1 Å². The van der Waals surface area contributed by atoms with E-state index in [4.69, 9.17) is 5.11 Å². The number of aryl methyl sites for hydroxylation is 1. The predicted octanol–water partition coefficient (Wildman–Crippen LogP) is 3.69. The molecule has 4 N–H and O–H groups in total. The zero-order valence-corrected chi connectivity index (χ0v) is 17.5. The fourth-order valence-electron chi connectivity index (χ4n) is 3.41. The number of hydrogen-bond donors (Lipinski definition) is 4. The van der Waals surface area contributed by atoms with Crippen molar-refractivity contribution >= 4 is 22.7 Å². The van der Waals surface area contributed by atoms with Gasteiger partial charge in [-0.3, -0.25) is 5.10 Å². The van der Waals surface area contributed by atoms with E-state index in [0.29, 0.717) is 48.9 Å². The summed E-state index contributed by atoms with van der Waals surface area (Å²) < 4.78 is 40.8. The molecule has 1 aromatic carbocycles. The van der Waals surface area contributed by atoms with E-state index in [9.17, 15) is 13.2 Å². The monoisotopic (exact) mass is 457 g/mol. The molecule has 0 saturated carbocycles. The Balaban J connectivity index is 1.70. The van der Waals surface area contributed by atoms with Crippen LogP contribution in [0.4, 0.5) is 24.8 Å². The highest BCUT2D eigenvalue weighted by atomic mass is 19.4. The maximum atomic E-state index is 13.6. The van der Waals surface area contributed by atoms with Crippen LogP contribution in [-0.2, 0) is 12.6 Å². The second kappa shape index (κ2) is 9.92. The number of pyridine rings is 1. The lowest BCUT2D eigenvalue weighted by Gasteiger charge is -2.14. The van der Waals surface area contributed by atoms with Crippen LogP contribution >= 0.6 is 0 Å². The third kappa shape index (κ3) is 5.44. The summed E-state index contributed by atoms with van der Waals surface area (Å²) in [7, 11) is 0. The standard InChI is InChI=1S/C22H22F3N7O/c23-22(24,25)17-8-2-1-6-15(17)20-28-14(5-3-9-26-11-12-33)13-18(29-20)30-21-16-7-4-10-27-19(16)31-32-21/h1-2,4,6-8,10,13,26,33H,3,5,9,11-12H2,(H2,27,28,29,30,31,32). The Hall–Kier alpha value is -3.57. The lowest BCUT2D eigenvalue weighted by molar-refractivity contribution is -0.137. The number of aromatic nitrogens is 5. The molecule has 0 amide bonds. The maximum Gasteiger partial charge on any atom is 0.417 e. The fourth-order valence-corrected chi connectivity index (χ4v) is 3.41. The number of halogens is 3. The zero-order chi connectivity index (χ0) is 23.3. The maximum absolute atomic E-state index is 13.6. The molecule has 4 aromatic rings. The van der Waals surface area contributed by atoms with E-state index in [2.05, 4.69) is 35.8 Å². The second-order valence-corrected chi connectivity index (χ2v) is 7.29. The summed E-state index contributed by atoms with van der Waals surface area (Å²) in [4.78, 5) is 13.0. The topological polar surface area (TPSA) is 112 Å². The van der Waals surface area contributed by atoms with E-state index < -0.39 is 11.7 Å². The highest BCUT2D eigenvalue weighted by Gasteiger charge is 2.34. The number of aromatic amines is 1. The van der Waals surface area contributed by atoms with Crippen molar-refractivity contribution in [2.45, 2.75) is 19.0 Å². The van der Waals surface area contributed by atoms with E-state index in [0.717, 1.165) is 11.5 Å². The Kier molecular flexibility index (Phi) is 6.80. The van der Waals surface area contributed by atoms with Gasteiger partial charge in [-0.2, -0.15) is 18.3 Å². The van der Waals surface area contributed by atoms with Gasteiger partial charge in [0.2, 0.25) is 0 Å². The summed E-state index contributed by atoms with van der Waals surface area (Å²) >= 11 is 0. The molecule has 0 fully saturated rings. The van der Waals surface area contributed by atoms with Crippen molar-refractivity contribution in [3.05, 3.63) is 59.9 Å². The Morgan fingerprint density at radius 3 is 2.70 bits per heavy atom. The van der Waals surface area contributed by atoms with Crippen molar-refractivity contribution in [2.24, 2.45) is 0 Å². The van der Waals surface area contributed by atoms with E-state index >= 15 is 0 Å². The molecule has 0 bridgehead atoms. The van der Waals surface area contributed by atoms with Crippen LogP contribution in [-0.4, -0.2) is 50.0 Å². The Morgan fingerprint density at radius 2 is 1.88 bits per heavy atom. The van der Waals surface area contributed by atoms with E-state index in [1.54, 1.807) is 18.3 Å². The summed E-state index contributed by atoms with van der Waals surface area (Å²) in [6, 6.07) is 10.5. The molecule has 0 aliphatic heterocycles. The van der Waals surface area contributed by atoms with Gasteiger partial charge in [0.25, 0.3) is 0 Å². The molecule has 0 aliphatic carbocycles. The van der Waals surface area contributed by atoms with Gasteiger partial charge in [0.15, 0.2) is 11.5 Å². The zero-order valence-electron chi connectivity index (χ0n) is 17.5. The number of H-pyrrole nitrogens is 1. The van der Waals surface area contributed by atoms with Crippen LogP contribution in [0.15, 0.2) is 48.7 Å². The molecule has 0 spiro atoms.